The summed E-state index contributed by atoms with van der Waals surface area (Å²) in [6.07, 6.45) is 0. The van der Waals surface area contributed by atoms with Crippen molar-refractivity contribution in [3.05, 3.63) is 10.1 Å². The summed E-state index contributed by atoms with van der Waals surface area (Å²) in [6, 6.07) is 0. The summed E-state index contributed by atoms with van der Waals surface area (Å²) in [4.78, 5) is 9.68. The summed E-state index contributed by atoms with van der Waals surface area (Å²) in [6.45, 7) is 0.632. The van der Waals surface area contributed by atoms with Gasteiger partial charge in [-0.25, -0.2) is 0 Å². The fraction of sp³-hybridized carbons (Fsp3) is 1.00. The van der Waals surface area contributed by atoms with Crippen molar-refractivity contribution in [3.8, 4) is 0 Å². The summed E-state index contributed by atoms with van der Waals surface area (Å²) in [5.41, 5.74) is 0. The van der Waals surface area contributed by atoms with E-state index in [1.165, 1.54) is 0 Å². The zero-order chi connectivity index (χ0) is 7.61. The average molecular weight is 248 g/mol. The Kier molecular flexibility index (Phi) is 4.23. The van der Waals surface area contributed by atoms with E-state index in [2.05, 4.69) is 15.9 Å². The maximum absolute atomic E-state index is 10.2. The lowest BCUT2D eigenvalue weighted by molar-refractivity contribution is -0.601. The maximum atomic E-state index is 10.2. The van der Waals surface area contributed by atoms with Gasteiger partial charge in [0.1, 0.15) is 0 Å². The van der Waals surface area contributed by atoms with Gasteiger partial charge in [0.25, 0.3) is 0 Å². The molecule has 0 aromatic carbocycles. The third kappa shape index (κ3) is 2.55. The molecule has 1 fully saturated rings. The minimum absolute atomic E-state index is 0. The van der Waals surface area contributed by atoms with E-state index < -0.39 is 9.56 Å². The highest BCUT2D eigenvalue weighted by molar-refractivity contribution is 9.09. The number of nitrogens with zero attached hydrogens (tertiary/aromatic N) is 1. The van der Waals surface area contributed by atoms with Crippen LogP contribution >= 0.6 is 28.3 Å². The second-order valence-electron chi connectivity index (χ2n) is 1.85. The van der Waals surface area contributed by atoms with Crippen LogP contribution in [0.2, 0.25) is 0 Å². The SMILES string of the molecule is Cl.O=[N+]([O-])C1(Br)COCCO1. The first-order chi connectivity index (χ1) is 4.65. The summed E-state index contributed by atoms with van der Waals surface area (Å²) in [5.74, 6) is 0. The predicted octanol–water partition coefficient (Wildman–Crippen LogP) is 0.780. The summed E-state index contributed by atoms with van der Waals surface area (Å²) < 4.78 is 8.14. The van der Waals surface area contributed by atoms with Gasteiger partial charge >= 0.3 is 4.63 Å². The third-order valence-electron chi connectivity index (χ3n) is 1.10. The van der Waals surface area contributed by atoms with Gasteiger partial charge in [0.05, 0.1) is 18.1 Å². The largest absolute Gasteiger partial charge is 0.403 e. The van der Waals surface area contributed by atoms with Gasteiger partial charge < -0.3 is 9.47 Å². The minimum Gasteiger partial charge on any atom is -0.368 e. The van der Waals surface area contributed by atoms with Crippen molar-refractivity contribution < 1.29 is 14.4 Å². The van der Waals surface area contributed by atoms with Crippen LogP contribution in [-0.2, 0) is 9.47 Å². The van der Waals surface area contributed by atoms with E-state index in [9.17, 15) is 10.1 Å². The molecular weight excluding hydrogens is 241 g/mol. The molecule has 1 unspecified atom stereocenters. The molecule has 0 aromatic heterocycles. The zero-order valence-electron chi connectivity index (χ0n) is 5.49. The van der Waals surface area contributed by atoms with Gasteiger partial charge in [-0.2, -0.15) is 0 Å². The average Bonchev–Trinajstić information content (AvgIpc) is 1.89. The van der Waals surface area contributed by atoms with E-state index in [0.717, 1.165) is 0 Å². The maximum Gasteiger partial charge on any atom is 0.403 e. The lowest BCUT2D eigenvalue weighted by Crippen LogP contribution is -2.44. The van der Waals surface area contributed by atoms with Crippen LogP contribution in [0, 0.1) is 10.1 Å². The van der Waals surface area contributed by atoms with E-state index >= 15 is 0 Å². The van der Waals surface area contributed by atoms with Gasteiger partial charge in [0, 0.05) is 15.9 Å². The molecule has 7 heteroatoms. The fourth-order valence-corrected chi connectivity index (χ4v) is 0.926. The monoisotopic (exact) mass is 247 g/mol. The quantitative estimate of drug-likeness (QED) is 0.298. The van der Waals surface area contributed by atoms with Crippen molar-refractivity contribution in [2.24, 2.45) is 0 Å². The Bertz CT molecular complexity index is 149. The van der Waals surface area contributed by atoms with Gasteiger partial charge in [-0.05, 0) is 0 Å². The predicted molar refractivity (Wildman–Crippen MR) is 42.7 cm³/mol. The van der Waals surface area contributed by atoms with E-state index in [-0.39, 0.29) is 25.6 Å². The molecule has 5 nitrogen and oxygen atoms in total. The van der Waals surface area contributed by atoms with Gasteiger partial charge in [-0.3, -0.25) is 10.1 Å². The first-order valence-electron chi connectivity index (χ1n) is 2.70. The number of hydrogen-bond donors (Lipinski definition) is 0. The van der Waals surface area contributed by atoms with E-state index in [4.69, 9.17) is 9.47 Å². The number of rotatable bonds is 1. The molecule has 0 aromatic rings. The molecule has 1 atom stereocenters. The number of halogens is 2. The highest BCUT2D eigenvalue weighted by Gasteiger charge is 2.43. The minimum atomic E-state index is -1.51. The van der Waals surface area contributed by atoms with Crippen LogP contribution in [0.15, 0.2) is 0 Å². The second kappa shape index (κ2) is 4.20. The zero-order valence-corrected chi connectivity index (χ0v) is 7.89. The van der Waals surface area contributed by atoms with Crippen molar-refractivity contribution in [1.29, 1.82) is 0 Å². The Morgan fingerprint density at radius 1 is 1.55 bits per heavy atom. The fourth-order valence-electron chi connectivity index (χ4n) is 0.602. The molecule has 0 aliphatic carbocycles. The number of hydrogen-bond acceptors (Lipinski definition) is 4. The smallest absolute Gasteiger partial charge is 0.368 e. The Balaban J connectivity index is 0.000001000. The Hall–Kier alpha value is 0.0900. The van der Waals surface area contributed by atoms with Crippen molar-refractivity contribution >= 4 is 28.3 Å². The number of nitro groups is 1. The first kappa shape index (κ1) is 11.1. The van der Waals surface area contributed by atoms with Crippen LogP contribution in [0.5, 0.6) is 0 Å². The number of alkyl halides is 1. The standard InChI is InChI=1S/C4H6BrNO4.ClH/c5-4(6(7)8)3-9-1-2-10-4;/h1-3H2;1H. The van der Waals surface area contributed by atoms with Crippen molar-refractivity contribution in [2.75, 3.05) is 19.8 Å². The van der Waals surface area contributed by atoms with Crippen LogP contribution in [0.1, 0.15) is 0 Å². The molecule has 0 radical (unpaired) electrons. The van der Waals surface area contributed by atoms with Crippen LogP contribution in [0.4, 0.5) is 0 Å². The number of ether oxygens (including phenoxy) is 2. The Morgan fingerprint density at radius 3 is 2.45 bits per heavy atom. The first-order valence-corrected chi connectivity index (χ1v) is 3.49. The molecule has 11 heavy (non-hydrogen) atoms. The molecule has 1 heterocycles. The molecule has 1 rings (SSSR count). The van der Waals surface area contributed by atoms with Crippen LogP contribution < -0.4 is 0 Å². The van der Waals surface area contributed by atoms with Gasteiger partial charge in [-0.1, -0.05) is 0 Å². The van der Waals surface area contributed by atoms with Crippen molar-refractivity contribution in [3.63, 3.8) is 0 Å². The molecule has 0 N–H and O–H groups in total. The van der Waals surface area contributed by atoms with E-state index in [1.54, 1.807) is 0 Å². The van der Waals surface area contributed by atoms with Crippen LogP contribution in [0.3, 0.4) is 0 Å². The summed E-state index contributed by atoms with van der Waals surface area (Å²) in [7, 11) is 0. The van der Waals surface area contributed by atoms with Gasteiger partial charge in [0.15, 0.2) is 6.61 Å². The summed E-state index contributed by atoms with van der Waals surface area (Å²) in [5, 5.41) is 10.2. The Morgan fingerprint density at radius 2 is 2.18 bits per heavy atom. The highest BCUT2D eigenvalue weighted by atomic mass is 79.9. The molecule has 0 amide bonds. The molecule has 0 bridgehead atoms. The van der Waals surface area contributed by atoms with E-state index in [1.807, 2.05) is 0 Å². The molecule has 1 aliphatic heterocycles. The van der Waals surface area contributed by atoms with Crippen LogP contribution in [0.25, 0.3) is 0 Å². The van der Waals surface area contributed by atoms with Crippen molar-refractivity contribution in [2.45, 2.75) is 4.63 Å². The van der Waals surface area contributed by atoms with Gasteiger partial charge in [0.2, 0.25) is 0 Å². The van der Waals surface area contributed by atoms with Crippen LogP contribution in [-0.4, -0.2) is 29.4 Å². The molecule has 66 valence electrons. The third-order valence-corrected chi connectivity index (χ3v) is 1.85. The molecule has 0 saturated carbocycles. The van der Waals surface area contributed by atoms with Gasteiger partial charge in [-0.15, -0.1) is 12.4 Å². The Labute approximate surface area is 77.7 Å². The normalized spacial score (nSPS) is 30.6. The van der Waals surface area contributed by atoms with Crippen molar-refractivity contribution in [1.82, 2.24) is 0 Å². The molecule has 0 spiro atoms. The molecular formula is C4H7BrClNO4. The molecule has 1 aliphatic rings. The lowest BCUT2D eigenvalue weighted by atomic mass is 10.5. The second-order valence-corrected chi connectivity index (χ2v) is 3.09. The molecule has 1 saturated heterocycles. The lowest BCUT2D eigenvalue weighted by Gasteiger charge is -2.23. The highest BCUT2D eigenvalue weighted by Crippen LogP contribution is 2.23. The topological polar surface area (TPSA) is 61.6 Å². The van der Waals surface area contributed by atoms with E-state index in [0.29, 0.717) is 6.61 Å². The summed E-state index contributed by atoms with van der Waals surface area (Å²) >= 11 is 2.81.